The molecule has 0 unspecified atom stereocenters. The fourth-order valence-corrected chi connectivity index (χ4v) is 2.88. The van der Waals surface area contributed by atoms with Crippen molar-refractivity contribution in [1.82, 2.24) is 9.59 Å². The summed E-state index contributed by atoms with van der Waals surface area (Å²) in [7, 11) is 1.43. The quantitative estimate of drug-likeness (QED) is 0.634. The highest BCUT2D eigenvalue weighted by Crippen LogP contribution is 2.54. The van der Waals surface area contributed by atoms with E-state index in [4.69, 9.17) is 4.74 Å². The van der Waals surface area contributed by atoms with Crippen LogP contribution in [-0.4, -0.2) is 21.6 Å². The molecule has 0 atom stereocenters. The van der Waals surface area contributed by atoms with Crippen molar-refractivity contribution < 1.29 is 9.66 Å². The number of rotatable bonds is 4. The monoisotopic (exact) mass is 277 g/mol. The number of nitro benzene ring substituents is 1. The second-order valence-corrected chi connectivity index (χ2v) is 5.13. The molecule has 0 aliphatic heterocycles. The van der Waals surface area contributed by atoms with Gasteiger partial charge in [0.25, 0.3) is 0 Å². The number of hydrogen-bond donors (Lipinski definition) is 0. The second kappa shape index (κ2) is 4.27. The van der Waals surface area contributed by atoms with Crippen LogP contribution in [0.1, 0.15) is 24.1 Å². The molecule has 1 aliphatic rings. The first kappa shape index (κ1) is 12.0. The number of methoxy groups -OCH3 is 1. The van der Waals surface area contributed by atoms with Crippen molar-refractivity contribution in [2.45, 2.75) is 18.3 Å². The van der Waals surface area contributed by atoms with Crippen LogP contribution in [-0.2, 0) is 5.41 Å². The maximum absolute atomic E-state index is 11.1. The molecular weight excluding hydrogens is 266 g/mol. The van der Waals surface area contributed by atoms with Gasteiger partial charge in [0.15, 0.2) is 5.75 Å². The Morgan fingerprint density at radius 2 is 2.26 bits per heavy atom. The minimum absolute atomic E-state index is 0.00513. The van der Waals surface area contributed by atoms with Crippen molar-refractivity contribution in [3.63, 3.8) is 0 Å². The predicted octanol–water partition coefficient (Wildman–Crippen LogP) is 2.53. The molecule has 0 N–H and O–H groups in total. The fourth-order valence-electron chi connectivity index (χ4n) is 2.32. The smallest absolute Gasteiger partial charge is 0.311 e. The SMILES string of the molecule is COc1ccc(C2(c3csnn3)CC2)cc1[N+](=O)[O-]. The van der Waals surface area contributed by atoms with E-state index < -0.39 is 4.92 Å². The van der Waals surface area contributed by atoms with Gasteiger partial charge in [0, 0.05) is 16.9 Å². The molecular formula is C12H11N3O3S. The van der Waals surface area contributed by atoms with Gasteiger partial charge in [0.2, 0.25) is 0 Å². The van der Waals surface area contributed by atoms with E-state index in [2.05, 4.69) is 9.59 Å². The Kier molecular flexibility index (Phi) is 2.70. The van der Waals surface area contributed by atoms with Gasteiger partial charge < -0.3 is 4.74 Å². The first-order valence-corrected chi connectivity index (χ1v) is 6.61. The summed E-state index contributed by atoms with van der Waals surface area (Å²) in [6, 6.07) is 5.11. The largest absolute Gasteiger partial charge is 0.490 e. The van der Waals surface area contributed by atoms with E-state index in [1.165, 1.54) is 18.6 Å². The van der Waals surface area contributed by atoms with Gasteiger partial charge in [-0.25, -0.2) is 0 Å². The van der Waals surface area contributed by atoms with Crippen molar-refractivity contribution in [1.29, 1.82) is 0 Å². The van der Waals surface area contributed by atoms with Crippen LogP contribution in [0, 0.1) is 10.1 Å². The molecule has 19 heavy (non-hydrogen) atoms. The molecule has 1 saturated carbocycles. The van der Waals surface area contributed by atoms with Crippen molar-refractivity contribution in [3.8, 4) is 5.75 Å². The van der Waals surface area contributed by atoms with Crippen molar-refractivity contribution >= 4 is 17.2 Å². The van der Waals surface area contributed by atoms with Crippen LogP contribution in [0.3, 0.4) is 0 Å². The van der Waals surface area contributed by atoms with Gasteiger partial charge in [-0.1, -0.05) is 10.6 Å². The van der Waals surface area contributed by atoms with Crippen LogP contribution in [0.15, 0.2) is 23.6 Å². The lowest BCUT2D eigenvalue weighted by Crippen LogP contribution is -2.10. The lowest BCUT2D eigenvalue weighted by Gasteiger charge is -2.13. The maximum atomic E-state index is 11.1. The fraction of sp³-hybridized carbons (Fsp3) is 0.333. The van der Waals surface area contributed by atoms with Gasteiger partial charge in [-0.2, -0.15) is 0 Å². The highest BCUT2D eigenvalue weighted by atomic mass is 32.1. The summed E-state index contributed by atoms with van der Waals surface area (Å²) in [5.74, 6) is 0.279. The summed E-state index contributed by atoms with van der Waals surface area (Å²) in [6.07, 6.45) is 1.89. The molecule has 2 aromatic rings. The van der Waals surface area contributed by atoms with E-state index in [1.807, 2.05) is 11.4 Å². The average molecular weight is 277 g/mol. The van der Waals surface area contributed by atoms with Crippen LogP contribution < -0.4 is 4.74 Å². The Hall–Kier alpha value is -2.02. The molecule has 0 saturated heterocycles. The highest BCUT2D eigenvalue weighted by molar-refractivity contribution is 7.03. The molecule has 0 bridgehead atoms. The number of aromatic nitrogens is 2. The molecule has 1 fully saturated rings. The third-order valence-electron chi connectivity index (χ3n) is 3.53. The lowest BCUT2D eigenvalue weighted by atomic mass is 9.92. The number of ether oxygens (including phenoxy) is 1. The van der Waals surface area contributed by atoms with Crippen LogP contribution in [0.2, 0.25) is 0 Å². The number of hydrogen-bond acceptors (Lipinski definition) is 6. The Morgan fingerprint density at radius 1 is 1.47 bits per heavy atom. The molecule has 1 aliphatic carbocycles. The minimum atomic E-state index is -0.419. The average Bonchev–Trinajstić information content (AvgIpc) is 3.05. The molecule has 0 spiro atoms. The molecule has 1 aromatic heterocycles. The van der Waals surface area contributed by atoms with Gasteiger partial charge in [0.05, 0.1) is 17.7 Å². The summed E-state index contributed by atoms with van der Waals surface area (Å²) < 4.78 is 8.90. The first-order chi connectivity index (χ1) is 9.17. The van der Waals surface area contributed by atoms with Gasteiger partial charge in [0.1, 0.15) is 0 Å². The molecule has 1 heterocycles. The zero-order valence-corrected chi connectivity index (χ0v) is 11.0. The van der Waals surface area contributed by atoms with Crippen molar-refractivity contribution in [3.05, 3.63) is 45.0 Å². The van der Waals surface area contributed by atoms with E-state index in [1.54, 1.807) is 12.1 Å². The van der Waals surface area contributed by atoms with Crippen LogP contribution in [0.4, 0.5) is 5.69 Å². The number of nitrogens with zero attached hydrogens (tertiary/aromatic N) is 3. The summed E-state index contributed by atoms with van der Waals surface area (Å²) >= 11 is 1.30. The van der Waals surface area contributed by atoms with Crippen molar-refractivity contribution in [2.24, 2.45) is 0 Å². The van der Waals surface area contributed by atoms with Gasteiger partial charge >= 0.3 is 5.69 Å². The van der Waals surface area contributed by atoms with E-state index in [0.717, 1.165) is 24.1 Å². The van der Waals surface area contributed by atoms with Gasteiger partial charge in [-0.05, 0) is 36.0 Å². The highest BCUT2D eigenvalue weighted by Gasteiger charge is 2.48. The first-order valence-electron chi connectivity index (χ1n) is 5.78. The summed E-state index contributed by atoms with van der Waals surface area (Å²) in [4.78, 5) is 10.6. The van der Waals surface area contributed by atoms with E-state index in [-0.39, 0.29) is 16.9 Å². The Labute approximate surface area is 113 Å². The maximum Gasteiger partial charge on any atom is 0.311 e. The second-order valence-electron chi connectivity index (χ2n) is 4.52. The Balaban J connectivity index is 2.07. The third-order valence-corrected chi connectivity index (χ3v) is 4.03. The minimum Gasteiger partial charge on any atom is -0.490 e. The summed E-state index contributed by atoms with van der Waals surface area (Å²) in [5, 5.41) is 17.1. The van der Waals surface area contributed by atoms with Crippen LogP contribution in [0.25, 0.3) is 0 Å². The van der Waals surface area contributed by atoms with Crippen LogP contribution >= 0.6 is 11.5 Å². The molecule has 1 aromatic carbocycles. The Morgan fingerprint density at radius 3 is 2.79 bits per heavy atom. The number of nitro groups is 1. The van der Waals surface area contributed by atoms with Gasteiger partial charge in [-0.15, -0.1) is 5.10 Å². The molecule has 6 nitrogen and oxygen atoms in total. The van der Waals surface area contributed by atoms with Crippen molar-refractivity contribution in [2.75, 3.05) is 7.11 Å². The van der Waals surface area contributed by atoms with E-state index >= 15 is 0 Å². The zero-order valence-electron chi connectivity index (χ0n) is 10.2. The standard InChI is InChI=1S/C12H11N3O3S/c1-18-10-3-2-8(6-9(10)15(16)17)12(4-5-12)11-7-19-14-13-11/h2-3,6-7H,4-5H2,1H3. The topological polar surface area (TPSA) is 78.2 Å². The molecule has 0 radical (unpaired) electrons. The molecule has 3 rings (SSSR count). The normalized spacial score (nSPS) is 16.1. The van der Waals surface area contributed by atoms with E-state index in [9.17, 15) is 10.1 Å². The molecule has 7 heteroatoms. The third kappa shape index (κ3) is 1.86. The zero-order chi connectivity index (χ0) is 13.5. The van der Waals surface area contributed by atoms with Gasteiger partial charge in [-0.3, -0.25) is 10.1 Å². The molecule has 0 amide bonds. The Bertz CT molecular complexity index is 623. The predicted molar refractivity (Wildman–Crippen MR) is 69.6 cm³/mol. The van der Waals surface area contributed by atoms with E-state index in [0.29, 0.717) is 0 Å². The van der Waals surface area contributed by atoms with Crippen LogP contribution in [0.5, 0.6) is 5.75 Å². The molecule has 98 valence electrons. The lowest BCUT2D eigenvalue weighted by molar-refractivity contribution is -0.385. The number of benzene rings is 1. The summed E-state index contributed by atoms with van der Waals surface area (Å²) in [5.41, 5.74) is 1.61. The summed E-state index contributed by atoms with van der Waals surface area (Å²) in [6.45, 7) is 0.